The third-order valence-corrected chi connectivity index (χ3v) is 5.92. The minimum Gasteiger partial charge on any atom is -0.479 e. The number of nitrogens with zero attached hydrogens (tertiary/aromatic N) is 1. The highest BCUT2D eigenvalue weighted by atomic mass is 79.9. The third-order valence-electron chi connectivity index (χ3n) is 5.42. The zero-order valence-electron chi connectivity index (χ0n) is 15.9. The van der Waals surface area contributed by atoms with E-state index < -0.39 is 23.4 Å². The van der Waals surface area contributed by atoms with E-state index in [1.165, 1.54) is 6.20 Å². The summed E-state index contributed by atoms with van der Waals surface area (Å²) in [5.74, 6) is -1.99. The Morgan fingerprint density at radius 1 is 1.17 bits per heavy atom. The molecular weight excluding hydrogens is 452 g/mol. The molecule has 0 bridgehead atoms. The largest absolute Gasteiger partial charge is 0.479 e. The van der Waals surface area contributed by atoms with Crippen molar-refractivity contribution in [2.45, 2.75) is 25.0 Å². The van der Waals surface area contributed by atoms with E-state index in [1.807, 2.05) is 24.3 Å². The summed E-state index contributed by atoms with van der Waals surface area (Å²) in [6.45, 7) is 0.137. The van der Waals surface area contributed by atoms with Gasteiger partial charge in [0.1, 0.15) is 6.61 Å². The number of nitrogens with one attached hydrogen (secondary N) is 1. The van der Waals surface area contributed by atoms with Crippen LogP contribution < -0.4 is 0 Å². The summed E-state index contributed by atoms with van der Waals surface area (Å²) in [7, 11) is 0. The van der Waals surface area contributed by atoms with Gasteiger partial charge in [-0.1, -0.05) is 46.3 Å². The van der Waals surface area contributed by atoms with Crippen LogP contribution in [-0.4, -0.2) is 44.9 Å². The number of ether oxygens (including phenoxy) is 1. The van der Waals surface area contributed by atoms with Crippen LogP contribution in [0.2, 0.25) is 0 Å². The zero-order chi connectivity index (χ0) is 21.3. The van der Waals surface area contributed by atoms with E-state index in [0.29, 0.717) is 17.3 Å². The van der Waals surface area contributed by atoms with Gasteiger partial charge in [0.25, 0.3) is 0 Å². The van der Waals surface area contributed by atoms with E-state index in [4.69, 9.17) is 4.74 Å². The molecule has 0 saturated carbocycles. The smallest absolute Gasteiger partial charge is 0.411 e. The second-order valence-corrected chi connectivity index (χ2v) is 8.10. The molecule has 0 radical (unpaired) electrons. The number of hydrogen-bond donors (Lipinski definition) is 2. The molecule has 2 heterocycles. The van der Waals surface area contributed by atoms with E-state index in [-0.39, 0.29) is 25.1 Å². The van der Waals surface area contributed by atoms with Crippen molar-refractivity contribution in [3.05, 3.63) is 70.3 Å². The van der Waals surface area contributed by atoms with Crippen LogP contribution in [-0.2, 0) is 16.1 Å². The number of carboxylic acids is 1. The number of carboxylic acid groups (broad SMARTS) is 1. The van der Waals surface area contributed by atoms with Crippen LogP contribution in [0.5, 0.6) is 0 Å². The molecule has 1 aliphatic heterocycles. The van der Waals surface area contributed by atoms with Gasteiger partial charge in [-0.15, -0.1) is 0 Å². The topological polar surface area (TPSA) is 99.7 Å². The molecule has 1 fully saturated rings. The number of fused-ring (bicyclic) bond motifs is 1. The molecule has 30 heavy (non-hydrogen) atoms. The fraction of sp³-hybridized carbons (Fsp3) is 0.227. The summed E-state index contributed by atoms with van der Waals surface area (Å²) < 4.78 is 6.11. The number of aromatic amines is 1. The number of aliphatic carboxylic acids is 1. The summed E-state index contributed by atoms with van der Waals surface area (Å²) in [6.07, 6.45) is 1.11. The van der Waals surface area contributed by atoms with Crippen LogP contribution >= 0.6 is 15.9 Å². The SMILES string of the molecule is O=C(OCc1ccccc1)N1CCC[C@]1(C(=O)O)C(=O)c1c[nH]c2ccc(Br)cc12. The van der Waals surface area contributed by atoms with Gasteiger partial charge in [0.15, 0.2) is 0 Å². The van der Waals surface area contributed by atoms with Crippen LogP contribution in [0.3, 0.4) is 0 Å². The number of rotatable bonds is 5. The maximum absolute atomic E-state index is 13.5. The summed E-state index contributed by atoms with van der Waals surface area (Å²) in [6, 6.07) is 14.5. The fourth-order valence-electron chi connectivity index (χ4n) is 3.92. The average molecular weight is 471 g/mol. The van der Waals surface area contributed by atoms with Crippen LogP contribution in [0, 0.1) is 0 Å². The molecule has 0 aliphatic carbocycles. The quantitative estimate of drug-likeness (QED) is 0.425. The Morgan fingerprint density at radius 2 is 1.93 bits per heavy atom. The Balaban J connectivity index is 1.66. The number of carbonyl (C=O) groups excluding carboxylic acids is 2. The summed E-state index contributed by atoms with van der Waals surface area (Å²) in [5.41, 5.74) is -0.279. The molecule has 1 saturated heterocycles. The molecule has 1 amide bonds. The van der Waals surface area contributed by atoms with Gasteiger partial charge in [0.05, 0.1) is 0 Å². The van der Waals surface area contributed by atoms with Gasteiger partial charge >= 0.3 is 12.1 Å². The number of benzene rings is 2. The molecule has 0 spiro atoms. The number of likely N-dealkylation sites (tertiary alicyclic amines) is 1. The number of aromatic nitrogens is 1. The number of carbonyl (C=O) groups is 3. The van der Waals surface area contributed by atoms with Crippen molar-refractivity contribution in [1.29, 1.82) is 0 Å². The Labute approximate surface area is 180 Å². The predicted molar refractivity (Wildman–Crippen MR) is 113 cm³/mol. The molecule has 1 atom stereocenters. The summed E-state index contributed by atoms with van der Waals surface area (Å²) >= 11 is 3.38. The van der Waals surface area contributed by atoms with Gasteiger partial charge < -0.3 is 14.8 Å². The number of halogens is 1. The van der Waals surface area contributed by atoms with E-state index in [0.717, 1.165) is 14.9 Å². The van der Waals surface area contributed by atoms with Gasteiger partial charge in [-0.25, -0.2) is 9.59 Å². The number of ketones is 1. The molecule has 154 valence electrons. The second kappa shape index (κ2) is 7.95. The highest BCUT2D eigenvalue weighted by Crippen LogP contribution is 2.36. The highest BCUT2D eigenvalue weighted by molar-refractivity contribution is 9.10. The fourth-order valence-corrected chi connectivity index (χ4v) is 4.28. The monoisotopic (exact) mass is 470 g/mol. The van der Waals surface area contributed by atoms with Crippen LogP contribution in [0.25, 0.3) is 10.9 Å². The van der Waals surface area contributed by atoms with Crippen molar-refractivity contribution in [2.75, 3.05) is 6.54 Å². The van der Waals surface area contributed by atoms with Gasteiger partial charge in [0.2, 0.25) is 11.3 Å². The van der Waals surface area contributed by atoms with Crippen LogP contribution in [0.1, 0.15) is 28.8 Å². The van der Waals surface area contributed by atoms with Crippen molar-refractivity contribution in [1.82, 2.24) is 9.88 Å². The molecule has 8 heteroatoms. The highest BCUT2D eigenvalue weighted by Gasteiger charge is 2.57. The lowest BCUT2D eigenvalue weighted by Crippen LogP contribution is -2.58. The van der Waals surface area contributed by atoms with Gasteiger partial charge in [-0.3, -0.25) is 9.69 Å². The first kappa shape index (κ1) is 20.2. The molecule has 0 unspecified atom stereocenters. The van der Waals surface area contributed by atoms with Crippen molar-refractivity contribution in [3.8, 4) is 0 Å². The Kier molecular flexibility index (Phi) is 5.34. The molecule has 7 nitrogen and oxygen atoms in total. The molecular formula is C22H19BrN2O5. The molecule has 3 aromatic rings. The number of H-pyrrole nitrogens is 1. The van der Waals surface area contributed by atoms with Crippen LogP contribution in [0.4, 0.5) is 4.79 Å². The molecule has 4 rings (SSSR count). The summed E-state index contributed by atoms with van der Waals surface area (Å²) in [5, 5.41) is 10.7. The van der Waals surface area contributed by atoms with Crippen molar-refractivity contribution < 1.29 is 24.2 Å². The summed E-state index contributed by atoms with van der Waals surface area (Å²) in [4.78, 5) is 42.7. The Hall–Kier alpha value is -3.13. The predicted octanol–water partition coefficient (Wildman–Crippen LogP) is 4.37. The second-order valence-electron chi connectivity index (χ2n) is 7.18. The van der Waals surface area contributed by atoms with Gasteiger partial charge in [-0.05, 0) is 36.6 Å². The van der Waals surface area contributed by atoms with E-state index in [2.05, 4.69) is 20.9 Å². The Bertz CT molecular complexity index is 1130. The van der Waals surface area contributed by atoms with Crippen molar-refractivity contribution in [3.63, 3.8) is 0 Å². The van der Waals surface area contributed by atoms with Gasteiger partial charge in [-0.2, -0.15) is 0 Å². The average Bonchev–Trinajstić information content (AvgIpc) is 3.37. The van der Waals surface area contributed by atoms with Gasteiger partial charge in [0, 0.05) is 33.7 Å². The zero-order valence-corrected chi connectivity index (χ0v) is 17.5. The first-order valence-corrected chi connectivity index (χ1v) is 10.3. The normalized spacial score (nSPS) is 18.5. The first-order valence-electron chi connectivity index (χ1n) is 9.46. The lowest BCUT2D eigenvalue weighted by atomic mass is 9.86. The van der Waals surface area contributed by atoms with Crippen LogP contribution in [0.15, 0.2) is 59.2 Å². The minimum atomic E-state index is -1.99. The minimum absolute atomic E-state index is 0.0000943. The van der Waals surface area contributed by atoms with Crippen molar-refractivity contribution in [2.24, 2.45) is 0 Å². The number of amides is 1. The Morgan fingerprint density at radius 3 is 2.67 bits per heavy atom. The third kappa shape index (κ3) is 3.37. The number of Topliss-reactive ketones (excluding diaryl/α,β-unsaturated/α-hetero) is 1. The molecule has 2 aromatic carbocycles. The van der Waals surface area contributed by atoms with E-state index in [9.17, 15) is 19.5 Å². The van der Waals surface area contributed by atoms with E-state index >= 15 is 0 Å². The maximum Gasteiger partial charge on any atom is 0.411 e. The molecule has 1 aromatic heterocycles. The number of hydrogen-bond acceptors (Lipinski definition) is 4. The maximum atomic E-state index is 13.5. The van der Waals surface area contributed by atoms with E-state index in [1.54, 1.807) is 24.3 Å². The molecule has 1 aliphatic rings. The molecule has 2 N–H and O–H groups in total. The standard InChI is InChI=1S/C22H19BrN2O5/c23-15-7-8-18-16(11-15)17(12-24-18)19(26)22(20(27)28)9-4-10-25(22)21(29)30-13-14-5-2-1-3-6-14/h1-3,5-8,11-12,24H,4,9-10,13H2,(H,27,28)/t22-/m1/s1. The first-order chi connectivity index (χ1) is 14.4. The lowest BCUT2D eigenvalue weighted by molar-refractivity contribution is -0.145. The lowest BCUT2D eigenvalue weighted by Gasteiger charge is -2.32. The van der Waals surface area contributed by atoms with Crippen molar-refractivity contribution >= 4 is 44.7 Å².